The van der Waals surface area contributed by atoms with E-state index in [2.05, 4.69) is 31.2 Å². The van der Waals surface area contributed by atoms with Crippen molar-refractivity contribution >= 4 is 5.97 Å². The molecule has 0 bridgehead atoms. The van der Waals surface area contributed by atoms with Crippen LogP contribution in [0.1, 0.15) is 35.7 Å². The maximum Gasteiger partial charge on any atom is 0.335 e. The highest BCUT2D eigenvalue weighted by Crippen LogP contribution is 2.47. The van der Waals surface area contributed by atoms with Gasteiger partial charge < -0.3 is 5.11 Å². The van der Waals surface area contributed by atoms with E-state index < -0.39 is 5.97 Å². The summed E-state index contributed by atoms with van der Waals surface area (Å²) in [6.45, 7) is 2.28. The Hall–Kier alpha value is -2.09. The van der Waals surface area contributed by atoms with Crippen LogP contribution in [0.2, 0.25) is 0 Å². The van der Waals surface area contributed by atoms with Crippen LogP contribution in [-0.4, -0.2) is 11.1 Å². The van der Waals surface area contributed by atoms with Crippen LogP contribution in [0.3, 0.4) is 0 Å². The van der Waals surface area contributed by atoms with Gasteiger partial charge in [0.2, 0.25) is 0 Å². The molecule has 2 aromatic rings. The molecular weight excluding hydrogens is 236 g/mol. The predicted octanol–water partition coefficient (Wildman–Crippen LogP) is 4.10. The van der Waals surface area contributed by atoms with E-state index in [-0.39, 0.29) is 0 Å². The second-order valence-electron chi connectivity index (χ2n) is 5.52. The highest BCUT2D eigenvalue weighted by Gasteiger charge is 2.38. The van der Waals surface area contributed by atoms with Crippen LogP contribution in [-0.2, 0) is 5.41 Å². The molecule has 0 saturated heterocycles. The van der Waals surface area contributed by atoms with E-state index in [0.717, 1.165) is 11.1 Å². The number of benzene rings is 2. The molecule has 0 atom stereocenters. The van der Waals surface area contributed by atoms with E-state index in [9.17, 15) is 4.79 Å². The van der Waals surface area contributed by atoms with Gasteiger partial charge in [0.1, 0.15) is 0 Å². The Morgan fingerprint density at radius 1 is 1.05 bits per heavy atom. The van der Waals surface area contributed by atoms with Crippen LogP contribution in [0, 0.1) is 0 Å². The Morgan fingerprint density at radius 2 is 1.74 bits per heavy atom. The smallest absolute Gasteiger partial charge is 0.335 e. The summed E-state index contributed by atoms with van der Waals surface area (Å²) in [5, 5.41) is 9.02. The Balaban J connectivity index is 1.93. The van der Waals surface area contributed by atoms with Crippen molar-refractivity contribution < 1.29 is 9.90 Å². The van der Waals surface area contributed by atoms with Gasteiger partial charge in [0, 0.05) is 0 Å². The molecule has 0 heterocycles. The summed E-state index contributed by atoms with van der Waals surface area (Å²) in [5.41, 5.74) is 4.10. The molecule has 2 aromatic carbocycles. The van der Waals surface area contributed by atoms with Crippen molar-refractivity contribution in [3.63, 3.8) is 0 Å². The fourth-order valence-electron chi connectivity index (χ4n) is 2.37. The largest absolute Gasteiger partial charge is 0.478 e. The Kier molecular flexibility index (Phi) is 2.67. The second kappa shape index (κ2) is 4.23. The highest BCUT2D eigenvalue weighted by molar-refractivity contribution is 5.89. The monoisotopic (exact) mass is 252 g/mol. The van der Waals surface area contributed by atoms with Gasteiger partial charge in [-0.3, -0.25) is 0 Å². The van der Waals surface area contributed by atoms with Crippen molar-refractivity contribution in [2.24, 2.45) is 0 Å². The molecule has 0 radical (unpaired) electrons. The van der Waals surface area contributed by atoms with Crippen LogP contribution in [0.15, 0.2) is 48.5 Å². The SMILES string of the molecule is CC1(c2ccc(-c3cccc(C(=O)O)c3)cc2)CC1. The van der Waals surface area contributed by atoms with Crippen molar-refractivity contribution in [2.75, 3.05) is 0 Å². The van der Waals surface area contributed by atoms with Gasteiger partial charge in [-0.25, -0.2) is 4.79 Å². The van der Waals surface area contributed by atoms with Gasteiger partial charge in [-0.05, 0) is 47.1 Å². The van der Waals surface area contributed by atoms with Crippen LogP contribution in [0.25, 0.3) is 11.1 Å². The average molecular weight is 252 g/mol. The fraction of sp³-hybridized carbons (Fsp3) is 0.235. The summed E-state index contributed by atoms with van der Waals surface area (Å²) in [6.07, 6.45) is 2.53. The normalized spacial score (nSPS) is 16.1. The number of rotatable bonds is 3. The third-order valence-electron chi connectivity index (χ3n) is 4.02. The first-order chi connectivity index (χ1) is 9.08. The van der Waals surface area contributed by atoms with Gasteiger partial charge in [-0.15, -0.1) is 0 Å². The fourth-order valence-corrected chi connectivity index (χ4v) is 2.37. The van der Waals surface area contributed by atoms with Crippen LogP contribution >= 0.6 is 0 Å². The summed E-state index contributed by atoms with van der Waals surface area (Å²) in [5.74, 6) is -0.885. The van der Waals surface area contributed by atoms with E-state index in [1.165, 1.54) is 18.4 Å². The molecule has 96 valence electrons. The Bertz CT molecular complexity index is 622. The summed E-state index contributed by atoms with van der Waals surface area (Å²) < 4.78 is 0. The number of hydrogen-bond donors (Lipinski definition) is 1. The topological polar surface area (TPSA) is 37.3 Å². The number of hydrogen-bond acceptors (Lipinski definition) is 1. The molecule has 19 heavy (non-hydrogen) atoms. The molecular formula is C17H16O2. The van der Waals surface area contributed by atoms with Crippen molar-refractivity contribution in [2.45, 2.75) is 25.2 Å². The first-order valence-electron chi connectivity index (χ1n) is 6.53. The molecule has 0 aromatic heterocycles. The molecule has 1 N–H and O–H groups in total. The number of aromatic carboxylic acids is 1. The lowest BCUT2D eigenvalue weighted by Crippen LogP contribution is -1.99. The standard InChI is InChI=1S/C17H16O2/c1-17(9-10-17)15-7-5-12(6-8-15)13-3-2-4-14(11-13)16(18)19/h2-8,11H,9-10H2,1H3,(H,18,19). The quantitative estimate of drug-likeness (QED) is 0.892. The van der Waals surface area contributed by atoms with Crippen LogP contribution < -0.4 is 0 Å². The molecule has 1 fully saturated rings. The summed E-state index contributed by atoms with van der Waals surface area (Å²) >= 11 is 0. The van der Waals surface area contributed by atoms with Crippen molar-refractivity contribution in [1.82, 2.24) is 0 Å². The van der Waals surface area contributed by atoms with Crippen LogP contribution in [0.4, 0.5) is 0 Å². The maximum absolute atomic E-state index is 11.0. The number of carboxylic acids is 1. The van der Waals surface area contributed by atoms with E-state index in [4.69, 9.17) is 5.11 Å². The molecule has 2 heteroatoms. The zero-order valence-electron chi connectivity index (χ0n) is 10.9. The lowest BCUT2D eigenvalue weighted by atomic mass is 9.95. The third kappa shape index (κ3) is 2.26. The number of carboxylic acid groups (broad SMARTS) is 1. The first kappa shape index (κ1) is 12.0. The minimum absolute atomic E-state index is 0.329. The van der Waals surface area contributed by atoms with Gasteiger partial charge in [0.25, 0.3) is 0 Å². The lowest BCUT2D eigenvalue weighted by Gasteiger charge is -2.10. The third-order valence-corrected chi connectivity index (χ3v) is 4.02. The highest BCUT2D eigenvalue weighted by atomic mass is 16.4. The summed E-state index contributed by atoms with van der Waals surface area (Å²) in [7, 11) is 0. The molecule has 1 saturated carbocycles. The van der Waals surface area contributed by atoms with Crippen molar-refractivity contribution in [3.05, 3.63) is 59.7 Å². The molecule has 0 spiro atoms. The molecule has 1 aliphatic rings. The van der Waals surface area contributed by atoms with Crippen molar-refractivity contribution in [3.8, 4) is 11.1 Å². The maximum atomic E-state index is 11.0. The van der Waals surface area contributed by atoms with E-state index in [1.807, 2.05) is 6.07 Å². The van der Waals surface area contributed by atoms with E-state index in [0.29, 0.717) is 11.0 Å². The lowest BCUT2D eigenvalue weighted by molar-refractivity contribution is 0.0697. The molecule has 2 nitrogen and oxygen atoms in total. The Labute approximate surface area is 112 Å². The zero-order chi connectivity index (χ0) is 13.5. The van der Waals surface area contributed by atoms with E-state index in [1.54, 1.807) is 18.2 Å². The van der Waals surface area contributed by atoms with Gasteiger partial charge in [-0.2, -0.15) is 0 Å². The van der Waals surface area contributed by atoms with Crippen molar-refractivity contribution in [1.29, 1.82) is 0 Å². The first-order valence-corrected chi connectivity index (χ1v) is 6.53. The second-order valence-corrected chi connectivity index (χ2v) is 5.52. The summed E-state index contributed by atoms with van der Waals surface area (Å²) in [6, 6.07) is 15.6. The number of carbonyl (C=O) groups is 1. The molecule has 1 aliphatic carbocycles. The predicted molar refractivity (Wildman–Crippen MR) is 75.4 cm³/mol. The molecule has 0 amide bonds. The Morgan fingerprint density at radius 3 is 2.32 bits per heavy atom. The van der Waals surface area contributed by atoms with Gasteiger partial charge in [0.05, 0.1) is 5.56 Å². The van der Waals surface area contributed by atoms with Gasteiger partial charge in [-0.1, -0.05) is 43.3 Å². The molecule has 0 aliphatic heterocycles. The minimum atomic E-state index is -0.885. The van der Waals surface area contributed by atoms with Gasteiger partial charge in [0.15, 0.2) is 0 Å². The van der Waals surface area contributed by atoms with Crippen LogP contribution in [0.5, 0.6) is 0 Å². The average Bonchev–Trinajstić information content (AvgIpc) is 3.18. The minimum Gasteiger partial charge on any atom is -0.478 e. The van der Waals surface area contributed by atoms with E-state index >= 15 is 0 Å². The van der Waals surface area contributed by atoms with Gasteiger partial charge >= 0.3 is 5.97 Å². The zero-order valence-corrected chi connectivity index (χ0v) is 10.9. The summed E-state index contributed by atoms with van der Waals surface area (Å²) in [4.78, 5) is 11.0. The molecule has 3 rings (SSSR count). The molecule has 0 unspecified atom stereocenters.